The van der Waals surface area contributed by atoms with Crippen molar-refractivity contribution in [3.05, 3.63) is 84.4 Å². The zero-order valence-electron chi connectivity index (χ0n) is 14.2. The van der Waals surface area contributed by atoms with Crippen molar-refractivity contribution in [2.45, 2.75) is 17.9 Å². The van der Waals surface area contributed by atoms with E-state index in [1.165, 1.54) is 0 Å². The number of carbonyl (C=O) groups excluding carboxylic acids is 1. The van der Waals surface area contributed by atoms with E-state index in [1.807, 2.05) is 73.0 Å². The molecule has 1 aliphatic rings. The molecule has 0 amide bonds. The highest BCUT2D eigenvalue weighted by atomic mass is 32.2. The summed E-state index contributed by atoms with van der Waals surface area (Å²) in [5, 5.41) is 0. The van der Waals surface area contributed by atoms with Crippen molar-refractivity contribution in [2.24, 2.45) is 4.99 Å². The van der Waals surface area contributed by atoms with Crippen LogP contribution >= 0.6 is 11.8 Å². The second kappa shape index (κ2) is 7.70. The number of rotatable bonds is 7. The lowest BCUT2D eigenvalue weighted by molar-refractivity contribution is -0.139. The Balaban J connectivity index is 2.08. The number of thioether (sulfide) groups is 1. The molecule has 0 unspecified atom stereocenters. The Morgan fingerprint density at radius 2 is 1.80 bits per heavy atom. The number of hydrogen-bond donors (Lipinski definition) is 0. The van der Waals surface area contributed by atoms with Gasteiger partial charge in [-0.1, -0.05) is 54.6 Å². The Morgan fingerprint density at radius 1 is 1.16 bits per heavy atom. The summed E-state index contributed by atoms with van der Waals surface area (Å²) in [6.45, 7) is 3.98. The van der Waals surface area contributed by atoms with Gasteiger partial charge < -0.3 is 4.74 Å². The van der Waals surface area contributed by atoms with E-state index in [4.69, 9.17) is 9.73 Å². The largest absolute Gasteiger partial charge is 0.405 e. The summed E-state index contributed by atoms with van der Waals surface area (Å²) in [6.07, 6.45) is 4.45. The summed E-state index contributed by atoms with van der Waals surface area (Å²) in [7, 11) is 0. The van der Waals surface area contributed by atoms with Gasteiger partial charge in [0.15, 0.2) is 5.54 Å². The van der Waals surface area contributed by atoms with Crippen LogP contribution in [0.15, 0.2) is 78.3 Å². The van der Waals surface area contributed by atoms with Crippen LogP contribution in [-0.4, -0.2) is 29.4 Å². The van der Waals surface area contributed by atoms with Crippen LogP contribution in [0.2, 0.25) is 0 Å². The van der Waals surface area contributed by atoms with Crippen molar-refractivity contribution in [3.63, 3.8) is 0 Å². The molecule has 1 aliphatic heterocycles. The van der Waals surface area contributed by atoms with Crippen LogP contribution in [0.3, 0.4) is 0 Å². The van der Waals surface area contributed by atoms with Gasteiger partial charge in [-0.2, -0.15) is 11.8 Å². The van der Waals surface area contributed by atoms with Gasteiger partial charge in [-0.05, 0) is 36.1 Å². The zero-order chi connectivity index (χ0) is 17.7. The number of hydrogen-bond acceptors (Lipinski definition) is 4. The van der Waals surface area contributed by atoms with E-state index >= 15 is 0 Å². The molecule has 1 heterocycles. The molecule has 2 aromatic carbocycles. The molecule has 0 spiro atoms. The highest BCUT2D eigenvalue weighted by molar-refractivity contribution is 7.98. The maximum Gasteiger partial charge on any atom is 0.341 e. The maximum absolute atomic E-state index is 13.0. The Kier molecular flexibility index (Phi) is 5.39. The highest BCUT2D eigenvalue weighted by Crippen LogP contribution is 2.41. The van der Waals surface area contributed by atoms with E-state index in [2.05, 4.69) is 6.58 Å². The zero-order valence-corrected chi connectivity index (χ0v) is 15.0. The summed E-state index contributed by atoms with van der Waals surface area (Å²) >= 11 is 1.70. The SMILES string of the molecule is C=C[C@@H](c1ccccc1)[C@@]1(CCSC)N=C(c2ccccc2)OC1=O. The molecule has 3 rings (SSSR count). The average Bonchev–Trinajstić information content (AvgIpc) is 3.00. The molecule has 2 atom stereocenters. The second-order valence-electron chi connectivity index (χ2n) is 5.96. The van der Waals surface area contributed by atoms with Gasteiger partial charge in [-0.25, -0.2) is 9.79 Å². The molecule has 0 N–H and O–H groups in total. The lowest BCUT2D eigenvalue weighted by atomic mass is 9.78. The van der Waals surface area contributed by atoms with Crippen LogP contribution in [0.4, 0.5) is 0 Å². The molecular formula is C21H21NO2S. The van der Waals surface area contributed by atoms with Gasteiger partial charge in [0, 0.05) is 11.5 Å². The van der Waals surface area contributed by atoms with Gasteiger partial charge in [-0.15, -0.1) is 6.58 Å². The smallest absolute Gasteiger partial charge is 0.341 e. The van der Waals surface area contributed by atoms with E-state index in [0.29, 0.717) is 12.3 Å². The van der Waals surface area contributed by atoms with Gasteiger partial charge in [0.05, 0.1) is 0 Å². The standard InChI is InChI=1S/C21H21NO2S/c1-3-18(16-10-6-4-7-11-16)21(14-15-25-2)20(23)24-19(22-21)17-12-8-5-9-13-17/h3-13,18H,1,14-15H2,2H3/t18-,21+/m0/s1. The van der Waals surface area contributed by atoms with Crippen molar-refractivity contribution < 1.29 is 9.53 Å². The lowest BCUT2D eigenvalue weighted by Gasteiger charge is -2.29. The number of aliphatic imine (C=N–C) groups is 1. The van der Waals surface area contributed by atoms with E-state index in [-0.39, 0.29) is 11.9 Å². The molecule has 0 aromatic heterocycles. The molecule has 0 saturated heterocycles. The fourth-order valence-electron chi connectivity index (χ4n) is 3.16. The summed E-state index contributed by atoms with van der Waals surface area (Å²) in [5.41, 5.74) is 0.878. The normalized spacial score (nSPS) is 20.7. The Bertz CT molecular complexity index is 773. The maximum atomic E-state index is 13.0. The Hall–Kier alpha value is -2.33. The molecule has 0 radical (unpaired) electrons. The van der Waals surface area contributed by atoms with E-state index in [1.54, 1.807) is 11.8 Å². The first kappa shape index (κ1) is 17.5. The molecule has 128 valence electrons. The van der Waals surface area contributed by atoms with E-state index in [9.17, 15) is 4.79 Å². The molecule has 3 nitrogen and oxygen atoms in total. The van der Waals surface area contributed by atoms with Crippen LogP contribution in [0, 0.1) is 0 Å². The predicted octanol–water partition coefficient (Wildman–Crippen LogP) is 4.45. The fraction of sp³-hybridized carbons (Fsp3) is 0.238. The van der Waals surface area contributed by atoms with Crippen LogP contribution in [0.25, 0.3) is 0 Å². The quantitative estimate of drug-likeness (QED) is 0.546. The van der Waals surface area contributed by atoms with Gasteiger partial charge in [-0.3, -0.25) is 0 Å². The summed E-state index contributed by atoms with van der Waals surface area (Å²) in [6, 6.07) is 19.5. The third-order valence-corrected chi connectivity index (χ3v) is 5.07. The first-order valence-electron chi connectivity index (χ1n) is 8.25. The number of esters is 1. The number of benzene rings is 2. The summed E-state index contributed by atoms with van der Waals surface area (Å²) in [4.78, 5) is 17.8. The number of ether oxygens (including phenoxy) is 1. The fourth-order valence-corrected chi connectivity index (χ4v) is 3.68. The number of carbonyl (C=O) groups is 1. The molecule has 4 heteroatoms. The molecule has 0 aliphatic carbocycles. The van der Waals surface area contributed by atoms with Crippen LogP contribution < -0.4 is 0 Å². The van der Waals surface area contributed by atoms with Gasteiger partial charge >= 0.3 is 5.97 Å². The second-order valence-corrected chi connectivity index (χ2v) is 6.95. The van der Waals surface area contributed by atoms with Gasteiger partial charge in [0.25, 0.3) is 0 Å². The summed E-state index contributed by atoms with van der Waals surface area (Å²) < 4.78 is 5.62. The first-order chi connectivity index (χ1) is 12.2. The lowest BCUT2D eigenvalue weighted by Crippen LogP contribution is -2.40. The van der Waals surface area contributed by atoms with Crippen LogP contribution in [0.5, 0.6) is 0 Å². The Labute approximate surface area is 152 Å². The molecule has 0 bridgehead atoms. The van der Waals surface area contributed by atoms with E-state index in [0.717, 1.165) is 16.9 Å². The minimum atomic E-state index is -0.961. The monoisotopic (exact) mass is 351 g/mol. The van der Waals surface area contributed by atoms with Crippen molar-refractivity contribution in [1.29, 1.82) is 0 Å². The number of nitrogens with zero attached hydrogens (tertiary/aromatic N) is 1. The van der Waals surface area contributed by atoms with E-state index < -0.39 is 5.54 Å². The minimum Gasteiger partial charge on any atom is -0.405 e. The molecule has 0 fully saturated rings. The Morgan fingerprint density at radius 3 is 2.40 bits per heavy atom. The average molecular weight is 351 g/mol. The van der Waals surface area contributed by atoms with Gasteiger partial charge in [0.1, 0.15) is 0 Å². The van der Waals surface area contributed by atoms with Crippen LogP contribution in [-0.2, 0) is 9.53 Å². The number of cyclic esters (lactones) is 1. The van der Waals surface area contributed by atoms with Crippen molar-refractivity contribution in [2.75, 3.05) is 12.0 Å². The predicted molar refractivity (Wildman–Crippen MR) is 104 cm³/mol. The summed E-state index contributed by atoms with van der Waals surface area (Å²) in [5.74, 6) is 0.691. The molecule has 0 saturated carbocycles. The molecule has 2 aromatic rings. The topological polar surface area (TPSA) is 38.7 Å². The molecular weight excluding hydrogens is 330 g/mol. The highest BCUT2D eigenvalue weighted by Gasteiger charge is 2.51. The van der Waals surface area contributed by atoms with Crippen molar-refractivity contribution >= 4 is 23.6 Å². The molecule has 25 heavy (non-hydrogen) atoms. The first-order valence-corrected chi connectivity index (χ1v) is 9.64. The van der Waals surface area contributed by atoms with Crippen LogP contribution in [0.1, 0.15) is 23.5 Å². The third kappa shape index (κ3) is 3.40. The third-order valence-electron chi connectivity index (χ3n) is 4.46. The minimum absolute atomic E-state index is 0.227. The van der Waals surface area contributed by atoms with Crippen molar-refractivity contribution in [3.8, 4) is 0 Å². The van der Waals surface area contributed by atoms with Gasteiger partial charge in [0.2, 0.25) is 5.90 Å². The van der Waals surface area contributed by atoms with Crippen molar-refractivity contribution in [1.82, 2.24) is 0 Å².